The zero-order valence-electron chi connectivity index (χ0n) is 13.8. The van der Waals surface area contributed by atoms with Crippen LogP contribution in [0.3, 0.4) is 0 Å². The van der Waals surface area contributed by atoms with Gasteiger partial charge in [-0.3, -0.25) is 0 Å². The summed E-state index contributed by atoms with van der Waals surface area (Å²) in [5.41, 5.74) is 0. The van der Waals surface area contributed by atoms with Crippen molar-refractivity contribution in [3.05, 3.63) is 0 Å². The van der Waals surface area contributed by atoms with E-state index >= 15 is 0 Å². The van der Waals surface area contributed by atoms with Crippen LogP contribution in [0.5, 0.6) is 0 Å². The summed E-state index contributed by atoms with van der Waals surface area (Å²) in [7, 11) is 0. The standard InChI is InChI=1S/C12H8Cl4F10O4/c13-7(14,1-3-9(17,18)19)11(23,24)5(27)29-30-6(28)12(25,26)8(15,16)2-4-10(20,21)22/h1-4H2. The highest BCUT2D eigenvalue weighted by Crippen LogP contribution is 2.46. The van der Waals surface area contributed by atoms with Gasteiger partial charge in [-0.2, -0.15) is 43.9 Å². The minimum Gasteiger partial charge on any atom is -0.240 e. The molecule has 0 spiro atoms. The van der Waals surface area contributed by atoms with Crippen LogP contribution in [-0.2, 0) is 19.4 Å². The molecule has 0 N–H and O–H groups in total. The van der Waals surface area contributed by atoms with Crippen molar-refractivity contribution < 1.29 is 63.3 Å². The van der Waals surface area contributed by atoms with E-state index in [4.69, 9.17) is 46.4 Å². The molecule has 0 saturated carbocycles. The van der Waals surface area contributed by atoms with Crippen molar-refractivity contribution in [3.8, 4) is 0 Å². The predicted molar refractivity (Wildman–Crippen MR) is 81.5 cm³/mol. The second kappa shape index (κ2) is 9.49. The molecule has 0 radical (unpaired) electrons. The van der Waals surface area contributed by atoms with E-state index in [0.29, 0.717) is 0 Å². The highest BCUT2D eigenvalue weighted by Gasteiger charge is 2.63. The van der Waals surface area contributed by atoms with Crippen LogP contribution in [0.4, 0.5) is 43.9 Å². The van der Waals surface area contributed by atoms with Crippen molar-refractivity contribution in [1.82, 2.24) is 0 Å². The topological polar surface area (TPSA) is 52.6 Å². The Morgan fingerprint density at radius 1 is 0.533 bits per heavy atom. The minimum absolute atomic E-state index is 1.77. The molecule has 0 aromatic carbocycles. The molecule has 0 heterocycles. The Hall–Kier alpha value is -0.600. The van der Waals surface area contributed by atoms with Gasteiger partial charge in [0, 0.05) is 12.8 Å². The SMILES string of the molecule is O=C(OOC(=O)C(F)(F)C(Cl)(Cl)CCC(F)(F)F)C(F)(F)C(Cl)(Cl)CCC(F)(F)F. The number of carbonyl (C=O) groups excluding carboxylic acids is 2. The van der Waals surface area contributed by atoms with E-state index in [1.54, 1.807) is 0 Å². The van der Waals surface area contributed by atoms with Gasteiger partial charge < -0.3 is 0 Å². The summed E-state index contributed by atoms with van der Waals surface area (Å²) in [4.78, 5) is 28.6. The lowest BCUT2D eigenvalue weighted by atomic mass is 10.1. The first-order chi connectivity index (χ1) is 13.0. The molecule has 0 aromatic heterocycles. The summed E-state index contributed by atoms with van der Waals surface area (Å²) in [5, 5.41) is 0. The van der Waals surface area contributed by atoms with E-state index in [9.17, 15) is 53.5 Å². The third kappa shape index (κ3) is 8.15. The Morgan fingerprint density at radius 2 is 0.767 bits per heavy atom. The first-order valence-electron chi connectivity index (χ1n) is 7.04. The normalized spacial score (nSPS) is 14.5. The van der Waals surface area contributed by atoms with Crippen molar-refractivity contribution in [2.45, 2.75) is 58.5 Å². The van der Waals surface area contributed by atoms with Crippen LogP contribution in [0.1, 0.15) is 25.7 Å². The largest absolute Gasteiger partial charge is 0.427 e. The molecular formula is C12H8Cl4F10O4. The molecule has 0 aliphatic carbocycles. The van der Waals surface area contributed by atoms with Crippen LogP contribution in [0, 0.1) is 0 Å². The monoisotopic (exact) mass is 546 g/mol. The highest BCUT2D eigenvalue weighted by molar-refractivity contribution is 6.50. The summed E-state index contributed by atoms with van der Waals surface area (Å²) >= 11 is 19.9. The molecule has 0 aromatic rings. The maximum Gasteiger partial charge on any atom is 0.427 e. The smallest absolute Gasteiger partial charge is 0.240 e. The maximum atomic E-state index is 13.7. The summed E-state index contributed by atoms with van der Waals surface area (Å²) in [6.07, 6.45) is -17.6. The van der Waals surface area contributed by atoms with E-state index < -0.39 is 70.5 Å². The van der Waals surface area contributed by atoms with E-state index in [2.05, 4.69) is 9.78 Å². The van der Waals surface area contributed by atoms with Gasteiger partial charge in [-0.25, -0.2) is 19.4 Å². The second-order valence-electron chi connectivity index (χ2n) is 5.53. The predicted octanol–water partition coefficient (Wildman–Crippen LogP) is 6.29. The number of hydrogen-bond donors (Lipinski definition) is 0. The lowest BCUT2D eigenvalue weighted by Crippen LogP contribution is -2.50. The van der Waals surface area contributed by atoms with Gasteiger partial charge in [0.15, 0.2) is 8.67 Å². The van der Waals surface area contributed by atoms with Crippen LogP contribution in [0.2, 0.25) is 0 Å². The molecule has 0 fully saturated rings. The first-order valence-corrected chi connectivity index (χ1v) is 8.55. The number of carbonyl (C=O) groups is 2. The molecule has 0 amide bonds. The number of rotatable bonds is 8. The van der Waals surface area contributed by atoms with Gasteiger partial charge >= 0.3 is 36.1 Å². The number of hydrogen-bond acceptors (Lipinski definition) is 4. The molecule has 178 valence electrons. The molecule has 0 aliphatic rings. The van der Waals surface area contributed by atoms with Crippen molar-refractivity contribution >= 4 is 58.3 Å². The van der Waals surface area contributed by atoms with Gasteiger partial charge in [0.2, 0.25) is 0 Å². The number of halogens is 14. The van der Waals surface area contributed by atoms with Crippen molar-refractivity contribution in [3.63, 3.8) is 0 Å². The zero-order chi connectivity index (χ0) is 24.4. The first kappa shape index (κ1) is 29.4. The van der Waals surface area contributed by atoms with Crippen molar-refractivity contribution in [2.75, 3.05) is 0 Å². The lowest BCUT2D eigenvalue weighted by molar-refractivity contribution is -0.288. The Morgan fingerprint density at radius 3 is 0.967 bits per heavy atom. The third-order valence-electron chi connectivity index (χ3n) is 3.07. The van der Waals surface area contributed by atoms with Crippen LogP contribution in [-0.4, -0.2) is 44.8 Å². The Bertz CT molecular complexity index is 579. The van der Waals surface area contributed by atoms with E-state index in [1.165, 1.54) is 0 Å². The van der Waals surface area contributed by atoms with E-state index in [0.717, 1.165) is 0 Å². The molecule has 4 nitrogen and oxygen atoms in total. The van der Waals surface area contributed by atoms with Gasteiger partial charge in [0.05, 0.1) is 0 Å². The Kier molecular flexibility index (Phi) is 9.30. The highest BCUT2D eigenvalue weighted by atomic mass is 35.5. The summed E-state index contributed by atoms with van der Waals surface area (Å²) in [6, 6.07) is 0. The molecule has 0 aliphatic heterocycles. The van der Waals surface area contributed by atoms with Gasteiger partial charge in [-0.15, -0.1) is 0 Å². The Balaban J connectivity index is 5.15. The lowest BCUT2D eigenvalue weighted by Gasteiger charge is -2.28. The maximum absolute atomic E-state index is 13.7. The van der Waals surface area contributed by atoms with Gasteiger partial charge in [0.25, 0.3) is 0 Å². The molecule has 0 saturated heterocycles. The molecule has 0 atom stereocenters. The Labute approximate surface area is 180 Å². The summed E-state index contributed by atoms with van der Waals surface area (Å²) in [5.74, 6) is -16.6. The van der Waals surface area contributed by atoms with Crippen LogP contribution >= 0.6 is 46.4 Å². The van der Waals surface area contributed by atoms with Gasteiger partial charge in [0.1, 0.15) is 0 Å². The molecule has 18 heteroatoms. The van der Waals surface area contributed by atoms with Crippen molar-refractivity contribution in [2.24, 2.45) is 0 Å². The molecule has 0 unspecified atom stereocenters. The fourth-order valence-corrected chi connectivity index (χ4v) is 2.08. The third-order valence-corrected chi connectivity index (χ3v) is 4.77. The van der Waals surface area contributed by atoms with Crippen LogP contribution in [0.25, 0.3) is 0 Å². The molecule has 30 heavy (non-hydrogen) atoms. The molecule has 0 rings (SSSR count). The van der Waals surface area contributed by atoms with Gasteiger partial charge in [-0.05, 0) is 12.8 Å². The van der Waals surface area contributed by atoms with Gasteiger partial charge in [-0.1, -0.05) is 46.4 Å². The molecular weight excluding hydrogens is 540 g/mol. The van der Waals surface area contributed by atoms with Crippen LogP contribution in [0.15, 0.2) is 0 Å². The average Bonchev–Trinajstić information content (AvgIpc) is 2.54. The summed E-state index contributed by atoms with van der Waals surface area (Å²) in [6.45, 7) is 0. The van der Waals surface area contributed by atoms with Crippen LogP contribution < -0.4 is 0 Å². The summed E-state index contributed by atoms with van der Waals surface area (Å²) < 4.78 is 120. The fraction of sp³-hybridized carbons (Fsp3) is 0.833. The minimum atomic E-state index is -5.22. The quantitative estimate of drug-likeness (QED) is 0.155. The fourth-order valence-electron chi connectivity index (χ4n) is 1.39. The molecule has 0 bridgehead atoms. The average molecular weight is 548 g/mol. The number of alkyl halides is 14. The van der Waals surface area contributed by atoms with E-state index in [-0.39, 0.29) is 0 Å². The van der Waals surface area contributed by atoms with Crippen molar-refractivity contribution in [1.29, 1.82) is 0 Å². The van der Waals surface area contributed by atoms with E-state index in [1.807, 2.05) is 0 Å². The second-order valence-corrected chi connectivity index (χ2v) is 8.50. The zero-order valence-corrected chi connectivity index (χ0v) is 16.8.